The van der Waals surface area contributed by atoms with Crippen molar-refractivity contribution in [2.24, 2.45) is 11.0 Å². The van der Waals surface area contributed by atoms with E-state index in [0.717, 1.165) is 42.1 Å². The van der Waals surface area contributed by atoms with Gasteiger partial charge in [0.1, 0.15) is 17.6 Å². The summed E-state index contributed by atoms with van der Waals surface area (Å²) in [6, 6.07) is 14.2. The van der Waals surface area contributed by atoms with E-state index in [-0.39, 0.29) is 17.9 Å². The molecule has 2 atom stereocenters. The fraction of sp³-hybridized carbons (Fsp3) is 0.217. The summed E-state index contributed by atoms with van der Waals surface area (Å²) >= 11 is 5.99. The summed E-state index contributed by atoms with van der Waals surface area (Å²) in [5.41, 5.74) is 2.60. The SMILES string of the molecule is O=C(c1ccc(Cl)cc1)N1N=C2/C(=C/c3ccco3)CCC[C@@H]2[C@H]1c1ccco1. The lowest BCUT2D eigenvalue weighted by molar-refractivity contribution is 0.0656. The van der Waals surface area contributed by atoms with Gasteiger partial charge in [-0.25, -0.2) is 5.01 Å². The van der Waals surface area contributed by atoms with Crippen LogP contribution in [0.1, 0.15) is 47.2 Å². The molecule has 5 rings (SSSR count). The van der Waals surface area contributed by atoms with Crippen LogP contribution in [0.4, 0.5) is 0 Å². The number of furan rings is 2. The smallest absolute Gasteiger partial charge is 0.274 e. The molecule has 0 spiro atoms. The Balaban J connectivity index is 1.56. The van der Waals surface area contributed by atoms with Crippen LogP contribution in [-0.4, -0.2) is 16.6 Å². The molecule has 3 aromatic rings. The monoisotopic (exact) mass is 406 g/mol. The topological polar surface area (TPSA) is 59.0 Å². The second-order valence-corrected chi connectivity index (χ2v) is 7.72. The highest BCUT2D eigenvalue weighted by molar-refractivity contribution is 6.30. The van der Waals surface area contributed by atoms with Gasteiger partial charge < -0.3 is 8.83 Å². The summed E-state index contributed by atoms with van der Waals surface area (Å²) in [6.07, 6.45) is 8.21. The highest BCUT2D eigenvalue weighted by Crippen LogP contribution is 2.45. The minimum absolute atomic E-state index is 0.0902. The van der Waals surface area contributed by atoms with Gasteiger partial charge in [-0.2, -0.15) is 5.10 Å². The maximum absolute atomic E-state index is 13.3. The lowest BCUT2D eigenvalue weighted by Crippen LogP contribution is -2.31. The number of carbonyl (C=O) groups excluding carboxylic acids is 1. The molecule has 6 heteroatoms. The van der Waals surface area contributed by atoms with E-state index in [4.69, 9.17) is 25.5 Å². The molecule has 0 unspecified atom stereocenters. The molecule has 2 aliphatic rings. The molecule has 146 valence electrons. The third-order valence-electron chi connectivity index (χ3n) is 5.50. The number of amides is 1. The normalized spacial score (nSPS) is 22.6. The Kier molecular flexibility index (Phi) is 4.60. The standard InChI is InChI=1S/C23H19ClN2O3/c24-17-10-8-15(9-11-17)23(27)26-22(20-7-3-13-29-20)19-6-1-4-16(21(19)25-26)14-18-5-2-12-28-18/h2-3,5,7-14,19,22H,1,4,6H2/b16-14+/t19-,22-/m0/s1. The summed E-state index contributed by atoms with van der Waals surface area (Å²) in [7, 11) is 0. The maximum atomic E-state index is 13.3. The highest BCUT2D eigenvalue weighted by Gasteiger charge is 2.45. The molecule has 0 radical (unpaired) electrons. The molecule has 1 amide bonds. The van der Waals surface area contributed by atoms with Crippen molar-refractivity contribution in [3.8, 4) is 0 Å². The Bertz CT molecular complexity index is 1070. The first-order chi connectivity index (χ1) is 14.2. The number of nitrogens with zero attached hydrogens (tertiary/aromatic N) is 2. The van der Waals surface area contributed by atoms with Gasteiger partial charge in [0, 0.05) is 16.5 Å². The van der Waals surface area contributed by atoms with Crippen LogP contribution in [0, 0.1) is 5.92 Å². The van der Waals surface area contributed by atoms with Crippen LogP contribution >= 0.6 is 11.6 Å². The van der Waals surface area contributed by atoms with E-state index in [9.17, 15) is 4.79 Å². The Hall–Kier alpha value is -3.05. The quantitative estimate of drug-likeness (QED) is 0.539. The second-order valence-electron chi connectivity index (χ2n) is 7.29. The molecule has 1 aromatic carbocycles. The zero-order valence-electron chi connectivity index (χ0n) is 15.6. The number of halogens is 1. The molecule has 29 heavy (non-hydrogen) atoms. The lowest BCUT2D eigenvalue weighted by Gasteiger charge is -2.27. The van der Waals surface area contributed by atoms with Gasteiger partial charge in [-0.05, 0) is 79.4 Å². The van der Waals surface area contributed by atoms with Gasteiger partial charge in [0.25, 0.3) is 5.91 Å². The number of hydrogen-bond donors (Lipinski definition) is 0. The van der Waals surface area contributed by atoms with Crippen LogP contribution in [0.5, 0.6) is 0 Å². The summed E-state index contributed by atoms with van der Waals surface area (Å²) in [5, 5.41) is 6.97. The van der Waals surface area contributed by atoms with Crippen molar-refractivity contribution in [3.05, 3.63) is 88.7 Å². The third-order valence-corrected chi connectivity index (χ3v) is 5.75. The van der Waals surface area contributed by atoms with Crippen LogP contribution in [-0.2, 0) is 0 Å². The van der Waals surface area contributed by atoms with Crippen molar-refractivity contribution in [1.29, 1.82) is 0 Å². The maximum Gasteiger partial charge on any atom is 0.274 e. The van der Waals surface area contributed by atoms with E-state index in [1.165, 1.54) is 0 Å². The fourth-order valence-corrected chi connectivity index (χ4v) is 4.30. The predicted molar refractivity (Wildman–Crippen MR) is 111 cm³/mol. The van der Waals surface area contributed by atoms with E-state index in [2.05, 4.69) is 0 Å². The number of fused-ring (bicyclic) bond motifs is 1. The van der Waals surface area contributed by atoms with Crippen molar-refractivity contribution in [1.82, 2.24) is 5.01 Å². The van der Waals surface area contributed by atoms with Crippen molar-refractivity contribution < 1.29 is 13.6 Å². The molecule has 5 nitrogen and oxygen atoms in total. The molecule has 1 aliphatic heterocycles. The molecule has 0 N–H and O–H groups in total. The highest BCUT2D eigenvalue weighted by atomic mass is 35.5. The average Bonchev–Trinajstić information content (AvgIpc) is 3.48. The molecular formula is C23H19ClN2O3. The molecule has 0 saturated heterocycles. The predicted octanol–water partition coefficient (Wildman–Crippen LogP) is 5.96. The van der Waals surface area contributed by atoms with E-state index in [1.54, 1.807) is 41.8 Å². The number of rotatable bonds is 3. The Labute approximate surface area is 173 Å². The molecule has 2 aromatic heterocycles. The fourth-order valence-electron chi connectivity index (χ4n) is 4.18. The zero-order valence-corrected chi connectivity index (χ0v) is 16.4. The van der Waals surface area contributed by atoms with Gasteiger partial charge in [-0.1, -0.05) is 11.6 Å². The van der Waals surface area contributed by atoms with Gasteiger partial charge in [0.05, 0.1) is 18.2 Å². The largest absolute Gasteiger partial charge is 0.467 e. The van der Waals surface area contributed by atoms with Gasteiger partial charge in [0.15, 0.2) is 0 Å². The lowest BCUT2D eigenvalue weighted by atomic mass is 9.79. The molecule has 1 saturated carbocycles. The Morgan fingerprint density at radius 1 is 1.10 bits per heavy atom. The summed E-state index contributed by atoms with van der Waals surface area (Å²) in [6.45, 7) is 0. The van der Waals surface area contributed by atoms with Crippen molar-refractivity contribution in [2.45, 2.75) is 25.3 Å². The van der Waals surface area contributed by atoms with E-state index < -0.39 is 0 Å². The average molecular weight is 407 g/mol. The number of benzene rings is 1. The van der Waals surface area contributed by atoms with Crippen molar-refractivity contribution in [3.63, 3.8) is 0 Å². The van der Waals surface area contributed by atoms with E-state index in [1.807, 2.05) is 30.3 Å². The van der Waals surface area contributed by atoms with E-state index in [0.29, 0.717) is 10.6 Å². The van der Waals surface area contributed by atoms with E-state index >= 15 is 0 Å². The van der Waals surface area contributed by atoms with Crippen LogP contribution in [0.25, 0.3) is 6.08 Å². The van der Waals surface area contributed by atoms with Gasteiger partial charge in [-0.3, -0.25) is 4.79 Å². The molecule has 1 aliphatic carbocycles. The first-order valence-electron chi connectivity index (χ1n) is 9.66. The molecule has 3 heterocycles. The number of carbonyl (C=O) groups is 1. The summed E-state index contributed by atoms with van der Waals surface area (Å²) in [4.78, 5) is 13.3. The van der Waals surface area contributed by atoms with Crippen LogP contribution in [0.2, 0.25) is 5.02 Å². The molecule has 1 fully saturated rings. The number of hydrazone groups is 1. The number of allylic oxidation sites excluding steroid dienone is 1. The Morgan fingerprint density at radius 2 is 1.90 bits per heavy atom. The Morgan fingerprint density at radius 3 is 2.62 bits per heavy atom. The van der Waals surface area contributed by atoms with Gasteiger partial charge in [0.2, 0.25) is 0 Å². The minimum atomic E-state index is -0.261. The zero-order chi connectivity index (χ0) is 19.8. The van der Waals surface area contributed by atoms with Crippen LogP contribution in [0.15, 0.2) is 80.6 Å². The molecular weight excluding hydrogens is 388 g/mol. The van der Waals surface area contributed by atoms with Crippen LogP contribution in [0.3, 0.4) is 0 Å². The van der Waals surface area contributed by atoms with Crippen molar-refractivity contribution >= 4 is 29.3 Å². The minimum Gasteiger partial charge on any atom is -0.467 e. The number of hydrogen-bond acceptors (Lipinski definition) is 4. The first kappa shape index (κ1) is 18.0. The third kappa shape index (κ3) is 3.32. The molecule has 0 bridgehead atoms. The second kappa shape index (κ2) is 7.41. The van der Waals surface area contributed by atoms with Crippen LogP contribution < -0.4 is 0 Å². The first-order valence-corrected chi connectivity index (χ1v) is 10.0. The summed E-state index contributed by atoms with van der Waals surface area (Å²) < 4.78 is 11.2. The summed E-state index contributed by atoms with van der Waals surface area (Å²) in [5.74, 6) is 1.46. The van der Waals surface area contributed by atoms with Gasteiger partial charge >= 0.3 is 0 Å². The van der Waals surface area contributed by atoms with Crippen molar-refractivity contribution in [2.75, 3.05) is 0 Å². The van der Waals surface area contributed by atoms with Gasteiger partial charge in [-0.15, -0.1) is 0 Å².